The molecule has 1 aromatic rings. The van der Waals surface area contributed by atoms with Crippen LogP contribution in [0.15, 0.2) is 22.7 Å². The van der Waals surface area contributed by atoms with Crippen LogP contribution in [-0.2, 0) is 4.79 Å². The third-order valence-corrected chi connectivity index (χ3v) is 3.11. The molecule has 1 amide bonds. The highest BCUT2D eigenvalue weighted by Crippen LogP contribution is 2.18. The molecule has 0 saturated carbocycles. The largest absolute Gasteiger partial charge is 0.345 e. The molecule has 0 aliphatic heterocycles. The van der Waals surface area contributed by atoms with Crippen molar-refractivity contribution in [3.8, 4) is 0 Å². The van der Waals surface area contributed by atoms with Gasteiger partial charge in [-0.2, -0.15) is 0 Å². The highest BCUT2D eigenvalue weighted by molar-refractivity contribution is 9.10. The van der Waals surface area contributed by atoms with Gasteiger partial charge >= 0.3 is 0 Å². The molecule has 0 aromatic heterocycles. The first-order chi connectivity index (χ1) is 8.21. The molecule has 1 N–H and O–H groups in total. The zero-order valence-corrected chi connectivity index (χ0v) is 12.1. The Balaban J connectivity index is 2.72. The van der Waals surface area contributed by atoms with E-state index in [9.17, 15) is 14.0 Å². The van der Waals surface area contributed by atoms with E-state index in [4.69, 9.17) is 0 Å². The van der Waals surface area contributed by atoms with Crippen LogP contribution in [-0.4, -0.2) is 18.2 Å². The average Bonchev–Trinajstić information content (AvgIpc) is 2.27. The van der Waals surface area contributed by atoms with E-state index in [1.165, 1.54) is 12.1 Å². The molecular formula is C13H15BrFNO2. The van der Waals surface area contributed by atoms with Gasteiger partial charge in [0, 0.05) is 9.89 Å². The molecule has 0 atom stereocenters. The van der Waals surface area contributed by atoms with Crippen molar-refractivity contribution in [3.63, 3.8) is 0 Å². The van der Waals surface area contributed by atoms with Gasteiger partial charge in [0.05, 0.1) is 12.1 Å². The second-order valence-electron chi connectivity index (χ2n) is 4.98. The Kier molecular flexibility index (Phi) is 4.62. The Morgan fingerprint density at radius 1 is 1.33 bits per heavy atom. The lowest BCUT2D eigenvalue weighted by Gasteiger charge is -2.16. The third kappa shape index (κ3) is 3.91. The molecule has 0 saturated heterocycles. The van der Waals surface area contributed by atoms with E-state index in [-0.39, 0.29) is 17.9 Å². The van der Waals surface area contributed by atoms with E-state index in [1.807, 2.05) is 0 Å². The summed E-state index contributed by atoms with van der Waals surface area (Å²) in [5, 5.41) is 2.49. The van der Waals surface area contributed by atoms with Gasteiger partial charge in [0.2, 0.25) is 0 Å². The van der Waals surface area contributed by atoms with Gasteiger partial charge in [-0.3, -0.25) is 9.59 Å². The van der Waals surface area contributed by atoms with Crippen LogP contribution in [0.2, 0.25) is 0 Å². The molecule has 0 unspecified atom stereocenters. The van der Waals surface area contributed by atoms with Crippen molar-refractivity contribution in [2.75, 3.05) is 6.54 Å². The lowest BCUT2D eigenvalue weighted by molar-refractivity contribution is -0.125. The Labute approximate surface area is 114 Å². The zero-order chi connectivity index (χ0) is 13.9. The Hall–Kier alpha value is -1.23. The van der Waals surface area contributed by atoms with E-state index in [0.717, 1.165) is 6.07 Å². The first kappa shape index (κ1) is 14.8. The Morgan fingerprint density at radius 2 is 1.94 bits per heavy atom. The van der Waals surface area contributed by atoms with Crippen LogP contribution in [0, 0.1) is 11.2 Å². The summed E-state index contributed by atoms with van der Waals surface area (Å²) < 4.78 is 13.5. The van der Waals surface area contributed by atoms with Gasteiger partial charge in [0.15, 0.2) is 5.78 Å². The number of carbonyl (C=O) groups is 2. The van der Waals surface area contributed by atoms with E-state index in [0.29, 0.717) is 4.47 Å². The van der Waals surface area contributed by atoms with Crippen LogP contribution >= 0.6 is 15.9 Å². The van der Waals surface area contributed by atoms with E-state index in [1.54, 1.807) is 20.8 Å². The van der Waals surface area contributed by atoms with Crippen molar-refractivity contribution in [3.05, 3.63) is 34.1 Å². The van der Waals surface area contributed by atoms with Gasteiger partial charge in [-0.15, -0.1) is 0 Å². The molecule has 0 radical (unpaired) electrons. The summed E-state index contributed by atoms with van der Waals surface area (Å²) in [6.07, 6.45) is 0. The third-order valence-electron chi connectivity index (χ3n) is 2.42. The first-order valence-corrected chi connectivity index (χ1v) is 6.27. The molecule has 3 nitrogen and oxygen atoms in total. The summed E-state index contributed by atoms with van der Waals surface area (Å²) in [5.41, 5.74) is -0.330. The molecule has 0 bridgehead atoms. The van der Waals surface area contributed by atoms with Crippen molar-refractivity contribution < 1.29 is 14.0 Å². The molecule has 0 fully saturated rings. The average molecular weight is 316 g/mol. The van der Waals surface area contributed by atoms with Crippen molar-refractivity contribution in [2.24, 2.45) is 5.41 Å². The highest BCUT2D eigenvalue weighted by Gasteiger charge is 2.22. The van der Waals surface area contributed by atoms with Crippen molar-refractivity contribution in [1.29, 1.82) is 0 Å². The molecule has 0 spiro atoms. The SMILES string of the molecule is CC(C)(C)C(=O)CNC(=O)c1cc(F)ccc1Br. The number of amides is 1. The lowest BCUT2D eigenvalue weighted by Crippen LogP contribution is -2.35. The summed E-state index contributed by atoms with van der Waals surface area (Å²) >= 11 is 3.17. The Morgan fingerprint density at radius 3 is 2.50 bits per heavy atom. The molecule has 0 heterocycles. The van der Waals surface area contributed by atoms with Crippen LogP contribution in [0.5, 0.6) is 0 Å². The van der Waals surface area contributed by atoms with Crippen LogP contribution in [0.3, 0.4) is 0 Å². The fourth-order valence-corrected chi connectivity index (χ4v) is 1.62. The van der Waals surface area contributed by atoms with Crippen molar-refractivity contribution in [1.82, 2.24) is 5.32 Å². The number of rotatable bonds is 3. The minimum absolute atomic E-state index is 0.0642. The van der Waals surface area contributed by atoms with E-state index in [2.05, 4.69) is 21.2 Å². The quantitative estimate of drug-likeness (QED) is 0.932. The monoisotopic (exact) mass is 315 g/mol. The zero-order valence-electron chi connectivity index (χ0n) is 10.5. The number of halogens is 2. The van der Waals surface area contributed by atoms with Crippen molar-refractivity contribution >= 4 is 27.6 Å². The minimum Gasteiger partial charge on any atom is -0.345 e. The second-order valence-corrected chi connectivity index (χ2v) is 5.83. The van der Waals surface area contributed by atoms with Crippen molar-refractivity contribution in [2.45, 2.75) is 20.8 Å². The lowest BCUT2D eigenvalue weighted by atomic mass is 9.91. The number of benzene rings is 1. The van der Waals surface area contributed by atoms with Gasteiger partial charge in [-0.05, 0) is 34.1 Å². The minimum atomic E-state index is -0.507. The fraction of sp³-hybridized carbons (Fsp3) is 0.385. The highest BCUT2D eigenvalue weighted by atomic mass is 79.9. The summed E-state index contributed by atoms with van der Waals surface area (Å²) in [7, 11) is 0. The van der Waals surface area contributed by atoms with Gasteiger partial charge in [-0.25, -0.2) is 4.39 Å². The molecule has 98 valence electrons. The first-order valence-electron chi connectivity index (χ1n) is 5.48. The standard InChI is InChI=1S/C13H15BrFNO2/c1-13(2,3)11(17)7-16-12(18)9-6-8(15)4-5-10(9)14/h4-6H,7H2,1-3H3,(H,16,18). The Bertz CT molecular complexity index is 480. The van der Waals surface area contributed by atoms with Crippen LogP contribution < -0.4 is 5.32 Å². The maximum Gasteiger partial charge on any atom is 0.252 e. The number of ketones is 1. The van der Waals surface area contributed by atoms with Gasteiger partial charge in [0.25, 0.3) is 5.91 Å². The van der Waals surface area contributed by atoms with E-state index < -0.39 is 17.1 Å². The fourth-order valence-electron chi connectivity index (χ4n) is 1.19. The molecule has 1 aromatic carbocycles. The summed E-state index contributed by atoms with van der Waals surface area (Å²) in [6.45, 7) is 5.27. The molecular weight excluding hydrogens is 301 g/mol. The van der Waals surface area contributed by atoms with Crippen LogP contribution in [0.4, 0.5) is 4.39 Å². The number of carbonyl (C=O) groups excluding carboxylic acids is 2. The normalized spacial score (nSPS) is 11.2. The maximum absolute atomic E-state index is 13.0. The number of hydrogen-bond acceptors (Lipinski definition) is 2. The molecule has 18 heavy (non-hydrogen) atoms. The molecule has 1 rings (SSSR count). The smallest absolute Gasteiger partial charge is 0.252 e. The topological polar surface area (TPSA) is 46.2 Å². The molecule has 0 aliphatic rings. The molecule has 5 heteroatoms. The summed E-state index contributed by atoms with van der Waals surface area (Å²) in [6, 6.07) is 3.83. The number of hydrogen-bond donors (Lipinski definition) is 1. The van der Waals surface area contributed by atoms with Gasteiger partial charge in [-0.1, -0.05) is 20.8 Å². The summed E-state index contributed by atoms with van der Waals surface area (Å²) in [4.78, 5) is 23.4. The number of Topliss-reactive ketones (excluding diaryl/α,β-unsaturated/α-hetero) is 1. The van der Waals surface area contributed by atoms with Crippen LogP contribution in [0.1, 0.15) is 31.1 Å². The second kappa shape index (κ2) is 5.61. The predicted molar refractivity (Wildman–Crippen MR) is 70.9 cm³/mol. The van der Waals surface area contributed by atoms with Gasteiger partial charge < -0.3 is 5.32 Å². The number of nitrogens with one attached hydrogen (secondary N) is 1. The maximum atomic E-state index is 13.0. The van der Waals surface area contributed by atoms with Crippen LogP contribution in [0.25, 0.3) is 0 Å². The van der Waals surface area contributed by atoms with Gasteiger partial charge in [0.1, 0.15) is 5.82 Å². The molecule has 0 aliphatic carbocycles. The summed E-state index contributed by atoms with van der Waals surface area (Å²) in [5.74, 6) is -1.05. The predicted octanol–water partition coefficient (Wildman–Crippen LogP) is 2.93. The van der Waals surface area contributed by atoms with E-state index >= 15 is 0 Å².